The fourth-order valence-electron chi connectivity index (χ4n) is 2.98. The number of allylic oxidation sites excluding steroid dienone is 2. The molecular weight excluding hydrogens is 280 g/mol. The summed E-state index contributed by atoms with van der Waals surface area (Å²) in [6, 6.07) is 0. The molecule has 0 aromatic heterocycles. The summed E-state index contributed by atoms with van der Waals surface area (Å²) in [6.07, 6.45) is 3.07. The highest BCUT2D eigenvalue weighted by molar-refractivity contribution is 5.76. The Hall–Kier alpha value is -1.78. The number of hydrogen-bond donors (Lipinski definition) is 1. The van der Waals surface area contributed by atoms with Crippen molar-refractivity contribution in [2.24, 2.45) is 10.5 Å². The highest BCUT2D eigenvalue weighted by atomic mass is 16.5. The first-order valence-electron chi connectivity index (χ1n) is 7.02. The molecule has 1 rings (SSSR count). The quantitative estimate of drug-likeness (QED) is 0.346. The number of nitrogens with zero attached hydrogens (tertiary/aromatic N) is 3. The number of nitrogens with one attached hydrogen (secondary N) is 1. The summed E-state index contributed by atoms with van der Waals surface area (Å²) < 4.78 is 5.69. The van der Waals surface area contributed by atoms with Crippen LogP contribution in [0.3, 0.4) is 0 Å². The Morgan fingerprint density at radius 1 is 1.55 bits per heavy atom. The Morgan fingerprint density at radius 2 is 2.18 bits per heavy atom. The van der Waals surface area contributed by atoms with Crippen LogP contribution in [0.2, 0.25) is 0 Å². The summed E-state index contributed by atoms with van der Waals surface area (Å²) in [7, 11) is 1.64. The summed E-state index contributed by atoms with van der Waals surface area (Å²) in [6.45, 7) is 8.19. The Morgan fingerprint density at radius 3 is 2.73 bits per heavy atom. The molecule has 0 heterocycles. The van der Waals surface area contributed by atoms with E-state index in [9.17, 15) is 4.79 Å². The first-order chi connectivity index (χ1) is 9.81. The van der Waals surface area contributed by atoms with Crippen molar-refractivity contribution in [2.75, 3.05) is 13.8 Å². The van der Waals surface area contributed by atoms with Crippen LogP contribution in [0, 0.1) is 5.41 Å². The van der Waals surface area contributed by atoms with Gasteiger partial charge < -0.3 is 10.1 Å². The number of hydrogen-bond acceptors (Lipinski definition) is 3. The zero-order chi connectivity index (χ0) is 16.0. The van der Waals surface area contributed by atoms with Crippen LogP contribution >= 0.6 is 0 Å². The fourth-order valence-corrected chi connectivity index (χ4v) is 2.98. The molecular formula is C16H28N4O2. The predicted octanol–water partition coefficient (Wildman–Crippen LogP) is 4.10. The van der Waals surface area contributed by atoms with Crippen molar-refractivity contribution < 1.29 is 9.53 Å². The molecule has 0 bridgehead atoms. The van der Waals surface area contributed by atoms with Crippen LogP contribution in [0.1, 0.15) is 48.0 Å². The molecule has 6 heteroatoms. The van der Waals surface area contributed by atoms with E-state index < -0.39 is 0 Å². The monoisotopic (exact) mass is 308 g/mol. The molecule has 0 spiro atoms. The van der Waals surface area contributed by atoms with Crippen LogP contribution in [0.5, 0.6) is 0 Å². The van der Waals surface area contributed by atoms with E-state index in [1.165, 1.54) is 11.1 Å². The number of amides is 1. The van der Waals surface area contributed by atoms with E-state index in [1.54, 1.807) is 7.05 Å². The van der Waals surface area contributed by atoms with Crippen molar-refractivity contribution in [3.05, 3.63) is 33.2 Å². The van der Waals surface area contributed by atoms with Crippen molar-refractivity contribution in [1.29, 1.82) is 0 Å². The van der Waals surface area contributed by atoms with Gasteiger partial charge in [0.25, 0.3) is 0 Å². The van der Waals surface area contributed by atoms with Gasteiger partial charge in [0, 0.05) is 18.4 Å². The number of carbonyl (C=O) groups excluding carboxylic acids is 1. The smallest absolute Gasteiger partial charge is 0.220 e. The third-order valence-electron chi connectivity index (χ3n) is 3.71. The molecule has 1 unspecified atom stereocenters. The SMILES string of the molecule is C.CNC(=O)CC(C)(C)C1=C(C)CC(C)=CC1OCN=[N+]=[N-]. The predicted molar refractivity (Wildman–Crippen MR) is 89.2 cm³/mol. The van der Waals surface area contributed by atoms with Crippen molar-refractivity contribution >= 4 is 5.91 Å². The average Bonchev–Trinajstić information content (AvgIpc) is 2.37. The van der Waals surface area contributed by atoms with Crippen LogP contribution in [0.4, 0.5) is 0 Å². The minimum atomic E-state index is -0.317. The van der Waals surface area contributed by atoms with Crippen LogP contribution in [0.15, 0.2) is 27.9 Å². The van der Waals surface area contributed by atoms with Gasteiger partial charge in [0.15, 0.2) is 0 Å². The molecule has 0 saturated heterocycles. The maximum Gasteiger partial charge on any atom is 0.220 e. The third kappa shape index (κ3) is 5.20. The second-order valence-electron chi connectivity index (χ2n) is 6.06. The highest BCUT2D eigenvalue weighted by Gasteiger charge is 2.34. The lowest BCUT2D eigenvalue weighted by atomic mass is 9.72. The standard InChI is InChI=1S/C15H24N4O2.CH4/c1-10-6-11(2)14(12(7-10)21-9-18-19-16)15(3,4)8-13(20)17-5;/h7,12H,6,8-9H2,1-5H3,(H,17,20);1H4. The molecule has 1 N–H and O–H groups in total. The molecule has 0 saturated carbocycles. The van der Waals surface area contributed by atoms with Gasteiger partial charge >= 0.3 is 0 Å². The second-order valence-corrected chi connectivity index (χ2v) is 6.06. The lowest BCUT2D eigenvalue weighted by molar-refractivity contribution is -0.122. The van der Waals surface area contributed by atoms with E-state index in [0.29, 0.717) is 6.42 Å². The minimum Gasteiger partial charge on any atom is -0.364 e. The molecule has 0 aliphatic heterocycles. The number of azide groups is 1. The van der Waals surface area contributed by atoms with E-state index in [-0.39, 0.29) is 31.6 Å². The Balaban J connectivity index is 0.00000441. The number of rotatable bonds is 6. The summed E-state index contributed by atoms with van der Waals surface area (Å²) in [5.74, 6) is 0.000343. The summed E-state index contributed by atoms with van der Waals surface area (Å²) in [5.41, 5.74) is 11.6. The van der Waals surface area contributed by atoms with Gasteiger partial charge in [-0.25, -0.2) is 0 Å². The minimum absolute atomic E-state index is 0. The van der Waals surface area contributed by atoms with Crippen molar-refractivity contribution in [3.8, 4) is 0 Å². The van der Waals surface area contributed by atoms with E-state index in [1.807, 2.05) is 19.9 Å². The second kappa shape index (κ2) is 8.61. The lowest BCUT2D eigenvalue weighted by Crippen LogP contribution is -2.34. The Kier molecular flexibility index (Phi) is 7.91. The van der Waals surface area contributed by atoms with Crippen molar-refractivity contribution in [3.63, 3.8) is 0 Å². The van der Waals surface area contributed by atoms with Gasteiger partial charge in [0.05, 0.1) is 6.10 Å². The number of carbonyl (C=O) groups is 1. The molecule has 1 amide bonds. The lowest BCUT2D eigenvalue weighted by Gasteiger charge is -2.36. The maximum absolute atomic E-state index is 11.8. The van der Waals surface area contributed by atoms with Gasteiger partial charge in [0.2, 0.25) is 5.91 Å². The van der Waals surface area contributed by atoms with E-state index in [0.717, 1.165) is 12.0 Å². The van der Waals surface area contributed by atoms with Crippen molar-refractivity contribution in [2.45, 2.75) is 54.1 Å². The fraction of sp³-hybridized carbons (Fsp3) is 0.688. The Labute approximate surface area is 133 Å². The summed E-state index contributed by atoms with van der Waals surface area (Å²) >= 11 is 0. The van der Waals surface area contributed by atoms with Crippen LogP contribution < -0.4 is 5.32 Å². The normalized spacial score (nSPS) is 18.0. The molecule has 0 aromatic rings. The Bertz CT molecular complexity index is 514. The van der Waals surface area contributed by atoms with E-state index in [2.05, 4.69) is 29.2 Å². The molecule has 1 aliphatic carbocycles. The highest BCUT2D eigenvalue weighted by Crippen LogP contribution is 2.40. The molecule has 0 aromatic carbocycles. The zero-order valence-electron chi connectivity index (χ0n) is 13.4. The van der Waals surface area contributed by atoms with Gasteiger partial charge in [0.1, 0.15) is 6.73 Å². The van der Waals surface area contributed by atoms with E-state index in [4.69, 9.17) is 10.3 Å². The molecule has 6 nitrogen and oxygen atoms in total. The molecule has 0 radical (unpaired) electrons. The topological polar surface area (TPSA) is 87.1 Å². The average molecular weight is 308 g/mol. The van der Waals surface area contributed by atoms with Gasteiger partial charge in [-0.1, -0.05) is 43.6 Å². The van der Waals surface area contributed by atoms with Gasteiger partial charge in [-0.3, -0.25) is 4.79 Å². The first-order valence-corrected chi connectivity index (χ1v) is 7.02. The molecule has 1 aliphatic rings. The summed E-state index contributed by atoms with van der Waals surface area (Å²) in [4.78, 5) is 14.5. The van der Waals surface area contributed by atoms with Crippen LogP contribution in [0.25, 0.3) is 10.4 Å². The van der Waals surface area contributed by atoms with Crippen molar-refractivity contribution in [1.82, 2.24) is 5.32 Å². The first kappa shape index (κ1) is 20.2. The largest absolute Gasteiger partial charge is 0.364 e. The van der Waals surface area contributed by atoms with Gasteiger partial charge in [-0.2, -0.15) is 0 Å². The van der Waals surface area contributed by atoms with Crippen LogP contribution in [-0.2, 0) is 9.53 Å². The summed E-state index contributed by atoms with van der Waals surface area (Å²) in [5, 5.41) is 6.10. The van der Waals surface area contributed by atoms with Gasteiger partial charge in [-0.05, 0) is 36.8 Å². The zero-order valence-corrected chi connectivity index (χ0v) is 13.4. The molecule has 22 heavy (non-hydrogen) atoms. The molecule has 0 fully saturated rings. The number of ether oxygens (including phenoxy) is 1. The van der Waals surface area contributed by atoms with E-state index >= 15 is 0 Å². The van der Waals surface area contributed by atoms with Crippen LogP contribution in [-0.4, -0.2) is 25.8 Å². The maximum atomic E-state index is 11.8. The molecule has 124 valence electrons. The molecule has 1 atom stereocenters. The van der Waals surface area contributed by atoms with Gasteiger partial charge in [-0.15, -0.1) is 0 Å². The third-order valence-corrected chi connectivity index (χ3v) is 3.71.